The molecule has 1 atom stereocenters. The molecule has 3 nitrogen and oxygen atoms in total. The van der Waals surface area contributed by atoms with Crippen molar-refractivity contribution in [2.45, 2.75) is 19.9 Å². The van der Waals surface area contributed by atoms with Gasteiger partial charge in [0.1, 0.15) is 0 Å². The third-order valence-electron chi connectivity index (χ3n) is 3.90. The SMILES string of the molecule is CC1C=C2c3nc4ccccc4cc3CN2C(=O)C1. The first kappa shape index (κ1) is 10.7. The van der Waals surface area contributed by atoms with Crippen LogP contribution in [0.2, 0.25) is 0 Å². The largest absolute Gasteiger partial charge is 0.306 e. The molecule has 1 aromatic heterocycles. The molecule has 4 rings (SSSR count). The summed E-state index contributed by atoms with van der Waals surface area (Å²) in [5.74, 6) is 0.519. The van der Waals surface area contributed by atoms with Gasteiger partial charge in [-0.1, -0.05) is 31.2 Å². The number of amides is 1. The van der Waals surface area contributed by atoms with Crippen molar-refractivity contribution in [2.75, 3.05) is 0 Å². The molecule has 2 aliphatic heterocycles. The number of fused-ring (bicyclic) bond motifs is 4. The Kier molecular flexibility index (Phi) is 2.07. The predicted octanol–water partition coefficient (Wildman–Crippen LogP) is 2.96. The van der Waals surface area contributed by atoms with Crippen LogP contribution in [0.1, 0.15) is 24.6 Å². The van der Waals surface area contributed by atoms with E-state index in [1.807, 2.05) is 23.1 Å². The van der Waals surface area contributed by atoms with Crippen LogP contribution in [-0.2, 0) is 11.3 Å². The molecule has 1 amide bonds. The van der Waals surface area contributed by atoms with E-state index in [1.165, 1.54) is 0 Å². The van der Waals surface area contributed by atoms with Gasteiger partial charge in [0.05, 0.1) is 23.5 Å². The molecule has 0 bridgehead atoms. The zero-order valence-electron chi connectivity index (χ0n) is 10.8. The summed E-state index contributed by atoms with van der Waals surface area (Å²) < 4.78 is 0. The van der Waals surface area contributed by atoms with Crippen LogP contribution in [0.25, 0.3) is 16.6 Å². The van der Waals surface area contributed by atoms with Crippen molar-refractivity contribution in [3.05, 3.63) is 47.7 Å². The number of carbonyl (C=O) groups excluding carboxylic acids is 1. The van der Waals surface area contributed by atoms with Crippen LogP contribution in [0, 0.1) is 5.92 Å². The maximum atomic E-state index is 12.1. The fourth-order valence-electron chi connectivity index (χ4n) is 2.99. The smallest absolute Gasteiger partial charge is 0.227 e. The lowest BCUT2D eigenvalue weighted by atomic mass is 10.0. The Morgan fingerprint density at radius 3 is 3.05 bits per heavy atom. The van der Waals surface area contributed by atoms with Gasteiger partial charge in [-0.2, -0.15) is 0 Å². The van der Waals surface area contributed by atoms with Crippen LogP contribution >= 0.6 is 0 Å². The average molecular weight is 250 g/mol. The molecule has 3 heteroatoms. The number of hydrogen-bond donors (Lipinski definition) is 0. The summed E-state index contributed by atoms with van der Waals surface area (Å²) in [6.45, 7) is 2.76. The number of hydrogen-bond acceptors (Lipinski definition) is 2. The molecule has 0 saturated carbocycles. The van der Waals surface area contributed by atoms with Crippen LogP contribution in [0.15, 0.2) is 36.4 Å². The number of para-hydroxylation sites is 1. The lowest BCUT2D eigenvalue weighted by Gasteiger charge is -2.24. The number of pyridine rings is 1. The van der Waals surface area contributed by atoms with Gasteiger partial charge in [-0.15, -0.1) is 0 Å². The zero-order valence-corrected chi connectivity index (χ0v) is 10.8. The third kappa shape index (κ3) is 1.51. The van der Waals surface area contributed by atoms with Gasteiger partial charge >= 0.3 is 0 Å². The van der Waals surface area contributed by atoms with E-state index in [-0.39, 0.29) is 5.91 Å². The molecule has 0 radical (unpaired) electrons. The van der Waals surface area contributed by atoms with Crippen LogP contribution in [0.5, 0.6) is 0 Å². The van der Waals surface area contributed by atoms with E-state index >= 15 is 0 Å². The van der Waals surface area contributed by atoms with E-state index in [0.29, 0.717) is 18.9 Å². The lowest BCUT2D eigenvalue weighted by Crippen LogP contribution is -2.29. The van der Waals surface area contributed by atoms with E-state index in [2.05, 4.69) is 25.1 Å². The van der Waals surface area contributed by atoms with E-state index in [9.17, 15) is 4.79 Å². The van der Waals surface area contributed by atoms with Gasteiger partial charge < -0.3 is 4.90 Å². The Morgan fingerprint density at radius 1 is 1.32 bits per heavy atom. The summed E-state index contributed by atoms with van der Waals surface area (Å²) in [4.78, 5) is 18.7. The number of aromatic nitrogens is 1. The Bertz CT molecular complexity index is 733. The summed E-state index contributed by atoms with van der Waals surface area (Å²) in [7, 11) is 0. The van der Waals surface area contributed by atoms with Gasteiger partial charge in [-0.05, 0) is 18.1 Å². The highest BCUT2D eigenvalue weighted by atomic mass is 16.2. The minimum atomic E-state index is 0.215. The number of benzene rings is 1. The Labute approximate surface area is 111 Å². The van der Waals surface area contributed by atoms with Crippen molar-refractivity contribution < 1.29 is 4.79 Å². The third-order valence-corrected chi connectivity index (χ3v) is 3.90. The van der Waals surface area contributed by atoms with Crippen LogP contribution in [0.3, 0.4) is 0 Å². The number of nitrogens with zero attached hydrogens (tertiary/aromatic N) is 2. The fraction of sp³-hybridized carbons (Fsp3) is 0.250. The molecule has 0 N–H and O–H groups in total. The van der Waals surface area contributed by atoms with Crippen LogP contribution < -0.4 is 0 Å². The van der Waals surface area contributed by atoms with Crippen LogP contribution in [0.4, 0.5) is 0 Å². The maximum absolute atomic E-state index is 12.1. The maximum Gasteiger partial charge on any atom is 0.227 e. The first-order valence-electron chi connectivity index (χ1n) is 6.63. The average Bonchev–Trinajstić information content (AvgIpc) is 2.74. The van der Waals surface area contributed by atoms with E-state index < -0.39 is 0 Å². The van der Waals surface area contributed by atoms with E-state index in [0.717, 1.165) is 27.9 Å². The number of carbonyl (C=O) groups is 1. The highest BCUT2D eigenvalue weighted by molar-refractivity contribution is 5.93. The molecule has 1 aromatic carbocycles. The highest BCUT2D eigenvalue weighted by Crippen LogP contribution is 2.37. The standard InChI is InChI=1S/C16H14N2O/c1-10-6-14-16-12(9-18(14)15(19)7-10)8-11-4-2-3-5-13(11)17-16/h2-6,8,10H,7,9H2,1H3. The second kappa shape index (κ2) is 3.67. The normalized spacial score (nSPS) is 21.3. The van der Waals surface area contributed by atoms with Crippen molar-refractivity contribution in [2.24, 2.45) is 5.92 Å². The van der Waals surface area contributed by atoms with Crippen molar-refractivity contribution in [3.8, 4) is 0 Å². The van der Waals surface area contributed by atoms with Gasteiger partial charge in [0.15, 0.2) is 0 Å². The van der Waals surface area contributed by atoms with Crippen LogP contribution in [-0.4, -0.2) is 15.8 Å². The molecule has 0 saturated heterocycles. The predicted molar refractivity (Wildman–Crippen MR) is 74.1 cm³/mol. The lowest BCUT2D eigenvalue weighted by molar-refractivity contribution is -0.129. The topological polar surface area (TPSA) is 33.2 Å². The molecule has 2 aliphatic rings. The highest BCUT2D eigenvalue weighted by Gasteiger charge is 2.33. The fourth-order valence-corrected chi connectivity index (χ4v) is 2.99. The quantitative estimate of drug-likeness (QED) is 0.720. The van der Waals surface area contributed by atoms with Crippen molar-refractivity contribution in [1.82, 2.24) is 9.88 Å². The van der Waals surface area contributed by atoms with Gasteiger partial charge in [-0.3, -0.25) is 4.79 Å². The molecule has 0 fully saturated rings. The Hall–Kier alpha value is -2.16. The molecular formula is C16H14N2O. The first-order valence-corrected chi connectivity index (χ1v) is 6.63. The second-order valence-electron chi connectivity index (χ2n) is 5.40. The van der Waals surface area contributed by atoms with Crippen molar-refractivity contribution >= 4 is 22.5 Å². The monoisotopic (exact) mass is 250 g/mol. The first-order chi connectivity index (χ1) is 9.22. The minimum Gasteiger partial charge on any atom is -0.306 e. The number of rotatable bonds is 0. The van der Waals surface area contributed by atoms with Gasteiger partial charge in [-0.25, -0.2) is 4.98 Å². The summed E-state index contributed by atoms with van der Waals surface area (Å²) >= 11 is 0. The molecule has 0 spiro atoms. The minimum absolute atomic E-state index is 0.215. The molecular weight excluding hydrogens is 236 g/mol. The molecule has 19 heavy (non-hydrogen) atoms. The Balaban J connectivity index is 1.96. The number of allylic oxidation sites excluding steroid dienone is 1. The molecule has 1 unspecified atom stereocenters. The Morgan fingerprint density at radius 2 is 2.16 bits per heavy atom. The summed E-state index contributed by atoms with van der Waals surface area (Å²) in [6.07, 6.45) is 2.78. The molecule has 2 aromatic rings. The second-order valence-corrected chi connectivity index (χ2v) is 5.40. The van der Waals surface area contributed by atoms with E-state index in [1.54, 1.807) is 0 Å². The molecule has 0 aliphatic carbocycles. The van der Waals surface area contributed by atoms with Crippen molar-refractivity contribution in [1.29, 1.82) is 0 Å². The molecule has 3 heterocycles. The summed E-state index contributed by atoms with van der Waals surface area (Å²) in [5, 5.41) is 1.14. The summed E-state index contributed by atoms with van der Waals surface area (Å²) in [6, 6.07) is 10.3. The van der Waals surface area contributed by atoms with Crippen molar-refractivity contribution in [3.63, 3.8) is 0 Å². The van der Waals surface area contributed by atoms with Gasteiger partial charge in [0.2, 0.25) is 5.91 Å². The van der Waals surface area contributed by atoms with E-state index in [4.69, 9.17) is 4.98 Å². The molecule has 94 valence electrons. The zero-order chi connectivity index (χ0) is 13.0. The van der Waals surface area contributed by atoms with Gasteiger partial charge in [0.25, 0.3) is 0 Å². The van der Waals surface area contributed by atoms with Gasteiger partial charge in [0, 0.05) is 17.4 Å². The summed E-state index contributed by atoms with van der Waals surface area (Å²) in [5.41, 5.74) is 4.14.